The van der Waals surface area contributed by atoms with Crippen LogP contribution in [0.25, 0.3) is 0 Å². The highest BCUT2D eigenvalue weighted by molar-refractivity contribution is 7.80. The number of rotatable bonds is 6. The third kappa shape index (κ3) is 3.44. The van der Waals surface area contributed by atoms with Crippen molar-refractivity contribution in [2.24, 2.45) is 5.73 Å². The fraction of sp³-hybridized carbons (Fsp3) is 0.188. The summed E-state index contributed by atoms with van der Waals surface area (Å²) in [4.78, 5) is 0.348. The second-order valence-corrected chi connectivity index (χ2v) is 4.74. The number of nitrogens with two attached hydrogens (primary N) is 1. The molecule has 0 spiro atoms. The molecule has 2 aromatic carbocycles. The highest BCUT2D eigenvalue weighted by atomic mass is 32.1. The van der Waals surface area contributed by atoms with E-state index in [4.69, 9.17) is 32.2 Å². The minimum absolute atomic E-state index is 0.324. The first-order valence-corrected chi connectivity index (χ1v) is 6.79. The number of ether oxygens (including phenoxy) is 3. The van der Waals surface area contributed by atoms with Gasteiger partial charge in [0, 0.05) is 5.56 Å². The standard InChI is InChI=1S/C16H17NO3S/c1-18-13-8-5-9-14(19-2)15(13)20-10-11-6-3-4-7-12(11)16(17)21/h3-9H,10H2,1-2H3,(H2,17,21). The predicted octanol–water partition coefficient (Wildman–Crippen LogP) is 2.92. The van der Waals surface area contributed by atoms with Crippen LogP contribution in [0.1, 0.15) is 11.1 Å². The average Bonchev–Trinajstić information content (AvgIpc) is 2.52. The molecule has 0 aliphatic rings. The minimum atomic E-state index is 0.324. The summed E-state index contributed by atoms with van der Waals surface area (Å²) in [6.45, 7) is 0.324. The second kappa shape index (κ2) is 6.95. The molecule has 0 saturated carbocycles. The normalized spacial score (nSPS) is 10.0. The first-order valence-electron chi connectivity index (χ1n) is 6.39. The summed E-state index contributed by atoms with van der Waals surface area (Å²) in [6.07, 6.45) is 0. The van der Waals surface area contributed by atoms with Crippen LogP contribution < -0.4 is 19.9 Å². The summed E-state index contributed by atoms with van der Waals surface area (Å²) in [5.74, 6) is 1.78. The molecule has 0 aliphatic heterocycles. The predicted molar refractivity (Wildman–Crippen MR) is 86.2 cm³/mol. The Balaban J connectivity index is 2.26. The van der Waals surface area contributed by atoms with Gasteiger partial charge < -0.3 is 19.9 Å². The van der Waals surface area contributed by atoms with Gasteiger partial charge in [0.1, 0.15) is 11.6 Å². The van der Waals surface area contributed by atoms with E-state index in [0.29, 0.717) is 28.8 Å². The van der Waals surface area contributed by atoms with Crippen LogP contribution in [0.15, 0.2) is 42.5 Å². The van der Waals surface area contributed by atoms with Gasteiger partial charge in [-0.2, -0.15) is 0 Å². The Bertz CT molecular complexity index is 621. The molecule has 5 heteroatoms. The molecule has 2 aromatic rings. The lowest BCUT2D eigenvalue weighted by Gasteiger charge is -2.15. The molecule has 2 rings (SSSR count). The van der Waals surface area contributed by atoms with E-state index in [1.807, 2.05) is 42.5 Å². The molecule has 21 heavy (non-hydrogen) atoms. The summed E-state index contributed by atoms with van der Waals surface area (Å²) in [5, 5.41) is 0. The number of benzene rings is 2. The molecular weight excluding hydrogens is 286 g/mol. The summed E-state index contributed by atoms with van der Waals surface area (Å²) in [6, 6.07) is 13.1. The van der Waals surface area contributed by atoms with Gasteiger partial charge in [-0.25, -0.2) is 0 Å². The minimum Gasteiger partial charge on any atom is -0.493 e. The smallest absolute Gasteiger partial charge is 0.203 e. The van der Waals surface area contributed by atoms with Crippen molar-refractivity contribution in [2.75, 3.05) is 14.2 Å². The van der Waals surface area contributed by atoms with Crippen LogP contribution in [0.5, 0.6) is 17.2 Å². The Morgan fingerprint density at radius 3 is 2.19 bits per heavy atom. The number of para-hydroxylation sites is 1. The van der Waals surface area contributed by atoms with Crippen molar-refractivity contribution in [3.63, 3.8) is 0 Å². The van der Waals surface area contributed by atoms with E-state index in [0.717, 1.165) is 11.1 Å². The van der Waals surface area contributed by atoms with E-state index in [-0.39, 0.29) is 0 Å². The third-order valence-electron chi connectivity index (χ3n) is 3.04. The van der Waals surface area contributed by atoms with Crippen molar-refractivity contribution < 1.29 is 14.2 Å². The van der Waals surface area contributed by atoms with Crippen molar-refractivity contribution in [3.05, 3.63) is 53.6 Å². The number of thiocarbonyl (C=S) groups is 1. The van der Waals surface area contributed by atoms with E-state index < -0.39 is 0 Å². The van der Waals surface area contributed by atoms with Gasteiger partial charge in [0.05, 0.1) is 14.2 Å². The topological polar surface area (TPSA) is 53.7 Å². The molecule has 0 bridgehead atoms. The van der Waals surface area contributed by atoms with Gasteiger partial charge in [0.15, 0.2) is 11.5 Å². The summed E-state index contributed by atoms with van der Waals surface area (Å²) >= 11 is 5.05. The molecule has 0 atom stereocenters. The molecule has 0 unspecified atom stereocenters. The van der Waals surface area contributed by atoms with Crippen LogP contribution in [0.2, 0.25) is 0 Å². The zero-order chi connectivity index (χ0) is 15.2. The van der Waals surface area contributed by atoms with Gasteiger partial charge in [-0.05, 0) is 17.7 Å². The van der Waals surface area contributed by atoms with Crippen LogP contribution >= 0.6 is 12.2 Å². The maximum atomic E-state index is 5.86. The fourth-order valence-electron chi connectivity index (χ4n) is 2.00. The molecule has 4 nitrogen and oxygen atoms in total. The van der Waals surface area contributed by atoms with Gasteiger partial charge in [-0.3, -0.25) is 0 Å². The first-order chi connectivity index (χ1) is 10.2. The largest absolute Gasteiger partial charge is 0.493 e. The van der Waals surface area contributed by atoms with E-state index in [1.54, 1.807) is 14.2 Å². The van der Waals surface area contributed by atoms with Gasteiger partial charge in [0.2, 0.25) is 5.75 Å². The van der Waals surface area contributed by atoms with Crippen LogP contribution in [0.4, 0.5) is 0 Å². The Hall–Kier alpha value is -2.27. The average molecular weight is 303 g/mol. The highest BCUT2D eigenvalue weighted by Gasteiger charge is 2.12. The number of hydrogen-bond donors (Lipinski definition) is 1. The Morgan fingerprint density at radius 1 is 1.00 bits per heavy atom. The molecular formula is C16H17NO3S. The highest BCUT2D eigenvalue weighted by Crippen LogP contribution is 2.37. The van der Waals surface area contributed by atoms with Gasteiger partial charge in [-0.15, -0.1) is 0 Å². The van der Waals surface area contributed by atoms with Gasteiger partial charge in [0.25, 0.3) is 0 Å². The quantitative estimate of drug-likeness (QED) is 0.832. The van der Waals surface area contributed by atoms with E-state index in [1.165, 1.54) is 0 Å². The van der Waals surface area contributed by atoms with Crippen molar-refractivity contribution in [1.82, 2.24) is 0 Å². The molecule has 0 amide bonds. The van der Waals surface area contributed by atoms with Gasteiger partial charge in [-0.1, -0.05) is 42.5 Å². The molecule has 0 radical (unpaired) electrons. The van der Waals surface area contributed by atoms with Gasteiger partial charge >= 0.3 is 0 Å². The van der Waals surface area contributed by atoms with Crippen LogP contribution in [0, 0.1) is 0 Å². The fourth-order valence-corrected chi connectivity index (χ4v) is 2.20. The summed E-state index contributed by atoms with van der Waals surface area (Å²) < 4.78 is 16.5. The Kier molecular flexibility index (Phi) is 5.00. The zero-order valence-electron chi connectivity index (χ0n) is 12.0. The lowest BCUT2D eigenvalue weighted by molar-refractivity contribution is 0.266. The van der Waals surface area contributed by atoms with E-state index in [9.17, 15) is 0 Å². The molecule has 110 valence electrons. The number of methoxy groups -OCH3 is 2. The van der Waals surface area contributed by atoms with Crippen LogP contribution in [0.3, 0.4) is 0 Å². The molecule has 0 saturated heterocycles. The second-order valence-electron chi connectivity index (χ2n) is 4.30. The van der Waals surface area contributed by atoms with Crippen molar-refractivity contribution in [2.45, 2.75) is 6.61 Å². The number of hydrogen-bond acceptors (Lipinski definition) is 4. The SMILES string of the molecule is COc1cccc(OC)c1OCc1ccccc1C(N)=S. The van der Waals surface area contributed by atoms with Crippen molar-refractivity contribution in [3.8, 4) is 17.2 Å². The lowest BCUT2D eigenvalue weighted by Crippen LogP contribution is -2.13. The molecule has 2 N–H and O–H groups in total. The Labute approximate surface area is 129 Å². The molecule has 0 aromatic heterocycles. The Morgan fingerprint density at radius 2 is 1.62 bits per heavy atom. The van der Waals surface area contributed by atoms with E-state index >= 15 is 0 Å². The first kappa shape index (κ1) is 15.1. The maximum absolute atomic E-state index is 5.86. The van der Waals surface area contributed by atoms with Crippen LogP contribution in [-0.4, -0.2) is 19.2 Å². The lowest BCUT2D eigenvalue weighted by atomic mass is 10.1. The summed E-state index contributed by atoms with van der Waals surface area (Å²) in [7, 11) is 3.18. The van der Waals surface area contributed by atoms with Crippen LogP contribution in [-0.2, 0) is 6.61 Å². The summed E-state index contributed by atoms with van der Waals surface area (Å²) in [5.41, 5.74) is 7.44. The molecule has 0 aliphatic carbocycles. The van der Waals surface area contributed by atoms with E-state index in [2.05, 4.69) is 0 Å². The zero-order valence-corrected chi connectivity index (χ0v) is 12.8. The third-order valence-corrected chi connectivity index (χ3v) is 3.26. The molecule has 0 fully saturated rings. The van der Waals surface area contributed by atoms with Crippen molar-refractivity contribution in [1.29, 1.82) is 0 Å². The monoisotopic (exact) mass is 303 g/mol. The van der Waals surface area contributed by atoms with Crippen molar-refractivity contribution >= 4 is 17.2 Å². The molecule has 0 heterocycles. The maximum Gasteiger partial charge on any atom is 0.203 e.